The maximum absolute atomic E-state index is 13.9. The fourth-order valence-electron chi connectivity index (χ4n) is 5.14. The van der Waals surface area contributed by atoms with E-state index in [9.17, 15) is 9.59 Å². The van der Waals surface area contributed by atoms with Gasteiger partial charge in [-0.1, -0.05) is 72.3 Å². The monoisotopic (exact) mass is 686 g/mol. The molecule has 1 heterocycles. The van der Waals surface area contributed by atoms with E-state index in [1.54, 1.807) is 12.1 Å². The Morgan fingerprint density at radius 2 is 1.73 bits per heavy atom. The molecule has 216 valence electrons. The van der Waals surface area contributed by atoms with Crippen molar-refractivity contribution in [1.29, 1.82) is 5.41 Å². The summed E-state index contributed by atoms with van der Waals surface area (Å²) >= 11 is 8.47. The minimum Gasteiger partial charge on any atom is -0.370 e. The third-order valence-electron chi connectivity index (χ3n) is 7.27. The molecule has 6 N–H and O–H groups in total. The highest BCUT2D eigenvalue weighted by atomic mass is 127. The van der Waals surface area contributed by atoms with Crippen molar-refractivity contribution in [2.24, 2.45) is 5.73 Å². The lowest BCUT2D eigenvalue weighted by Crippen LogP contribution is -2.49. The largest absolute Gasteiger partial charge is 0.370 e. The highest BCUT2D eigenvalue weighted by Crippen LogP contribution is 2.27. The predicted molar refractivity (Wildman–Crippen MR) is 172 cm³/mol. The Bertz CT molecular complexity index is 1290. The number of rotatable bonds is 11. The van der Waals surface area contributed by atoms with Crippen LogP contribution in [0.1, 0.15) is 46.7 Å². The lowest BCUT2D eigenvalue weighted by atomic mass is 9.90. The van der Waals surface area contributed by atoms with Crippen molar-refractivity contribution in [2.45, 2.75) is 37.3 Å². The molecule has 1 aliphatic rings. The molecule has 41 heavy (non-hydrogen) atoms. The number of nitrogens with two attached hydrogens (primary N) is 1. The number of guanidine groups is 1. The molecule has 1 saturated heterocycles. The maximum Gasteiger partial charge on any atom is 0.252 e. The molecule has 1 fully saturated rings. The van der Waals surface area contributed by atoms with Crippen LogP contribution in [0.4, 0.5) is 0 Å². The molecule has 0 spiro atoms. The van der Waals surface area contributed by atoms with Crippen LogP contribution >= 0.6 is 34.2 Å². The number of hydrogen-bond acceptors (Lipinski definition) is 4. The summed E-state index contributed by atoms with van der Waals surface area (Å²) in [7, 11) is 0. The summed E-state index contributed by atoms with van der Waals surface area (Å²) in [5, 5.41) is 17.2. The van der Waals surface area contributed by atoms with Gasteiger partial charge in [0.25, 0.3) is 5.91 Å². The topological polar surface area (TPSA) is 123 Å². The summed E-state index contributed by atoms with van der Waals surface area (Å²) in [6, 6.07) is 25.4. The second kappa shape index (κ2) is 15.2. The Labute approximate surface area is 260 Å². The number of halogens is 2. The van der Waals surface area contributed by atoms with Gasteiger partial charge < -0.3 is 26.6 Å². The summed E-state index contributed by atoms with van der Waals surface area (Å²) in [6.45, 7) is 1.98. The number of amides is 2. The van der Waals surface area contributed by atoms with Crippen molar-refractivity contribution in [3.05, 3.63) is 104 Å². The first kappa shape index (κ1) is 30.8. The number of carbonyl (C=O) groups is 2. The molecule has 2 atom stereocenters. The van der Waals surface area contributed by atoms with Crippen LogP contribution in [0.2, 0.25) is 5.02 Å². The molecule has 8 nitrogen and oxygen atoms in total. The van der Waals surface area contributed by atoms with Crippen LogP contribution < -0.4 is 21.7 Å². The van der Waals surface area contributed by atoms with Gasteiger partial charge in [0.15, 0.2) is 5.96 Å². The fourth-order valence-corrected chi connectivity index (χ4v) is 6.08. The molecule has 4 rings (SSSR count). The molecule has 0 aliphatic carbocycles. The quantitative estimate of drug-likeness (QED) is 0.0890. The molecule has 0 aromatic heterocycles. The highest BCUT2D eigenvalue weighted by Gasteiger charge is 2.32. The molecule has 1 aliphatic heterocycles. The van der Waals surface area contributed by atoms with E-state index in [-0.39, 0.29) is 29.7 Å². The van der Waals surface area contributed by atoms with Gasteiger partial charge >= 0.3 is 0 Å². The Morgan fingerprint density at radius 1 is 1.07 bits per heavy atom. The van der Waals surface area contributed by atoms with Crippen LogP contribution in [0.15, 0.2) is 78.9 Å². The molecule has 0 unspecified atom stereocenters. The number of benzene rings is 3. The zero-order valence-electron chi connectivity index (χ0n) is 22.8. The summed E-state index contributed by atoms with van der Waals surface area (Å²) < 4.78 is 0.958. The summed E-state index contributed by atoms with van der Waals surface area (Å²) in [4.78, 5) is 28.8. The van der Waals surface area contributed by atoms with Gasteiger partial charge in [-0.25, -0.2) is 0 Å². The van der Waals surface area contributed by atoms with Crippen LogP contribution in [0.25, 0.3) is 0 Å². The van der Waals surface area contributed by atoms with Gasteiger partial charge in [-0.15, -0.1) is 0 Å². The van der Waals surface area contributed by atoms with Gasteiger partial charge in [0.1, 0.15) is 0 Å². The zero-order chi connectivity index (χ0) is 29.2. The van der Waals surface area contributed by atoms with E-state index in [1.807, 2.05) is 47.4 Å². The first-order valence-electron chi connectivity index (χ1n) is 13.8. The SMILES string of the molecule is N=C(N)NCCC[C@@H]1N[C@H](CNC(=O)c2ccc(I)cc2Cl)CCN(CC(c2ccccc2)c2ccccc2)C1=O. The van der Waals surface area contributed by atoms with E-state index in [2.05, 4.69) is 62.8 Å². The van der Waals surface area contributed by atoms with E-state index in [0.717, 1.165) is 14.7 Å². The summed E-state index contributed by atoms with van der Waals surface area (Å²) in [6.07, 6.45) is 1.92. The van der Waals surface area contributed by atoms with E-state index >= 15 is 0 Å². The molecule has 0 saturated carbocycles. The fraction of sp³-hybridized carbons (Fsp3) is 0.323. The van der Waals surface area contributed by atoms with Crippen molar-refractivity contribution < 1.29 is 9.59 Å². The highest BCUT2D eigenvalue weighted by molar-refractivity contribution is 14.1. The Kier molecular flexibility index (Phi) is 11.4. The van der Waals surface area contributed by atoms with Crippen molar-refractivity contribution in [2.75, 3.05) is 26.2 Å². The second-order valence-electron chi connectivity index (χ2n) is 10.2. The average molecular weight is 687 g/mol. The molecule has 10 heteroatoms. The molecule has 3 aromatic carbocycles. The molecular weight excluding hydrogens is 651 g/mol. The van der Waals surface area contributed by atoms with Crippen molar-refractivity contribution >= 4 is 52.0 Å². The van der Waals surface area contributed by atoms with E-state index in [1.165, 1.54) is 0 Å². The minimum absolute atomic E-state index is 0.0284. The molecule has 3 aromatic rings. The lowest BCUT2D eigenvalue weighted by molar-refractivity contribution is -0.133. The van der Waals surface area contributed by atoms with Crippen LogP contribution in [0, 0.1) is 8.98 Å². The van der Waals surface area contributed by atoms with Crippen LogP contribution in [-0.2, 0) is 4.79 Å². The van der Waals surface area contributed by atoms with Gasteiger partial charge in [0, 0.05) is 41.7 Å². The second-order valence-corrected chi connectivity index (χ2v) is 11.8. The van der Waals surface area contributed by atoms with Gasteiger partial charge in [-0.3, -0.25) is 15.0 Å². The van der Waals surface area contributed by atoms with E-state index in [4.69, 9.17) is 22.7 Å². The third-order valence-corrected chi connectivity index (χ3v) is 8.25. The van der Waals surface area contributed by atoms with Crippen molar-refractivity contribution in [3.8, 4) is 0 Å². The number of carbonyl (C=O) groups excluding carboxylic acids is 2. The van der Waals surface area contributed by atoms with E-state index in [0.29, 0.717) is 56.0 Å². The summed E-state index contributed by atoms with van der Waals surface area (Å²) in [5.41, 5.74) is 8.18. The van der Waals surface area contributed by atoms with Crippen molar-refractivity contribution in [3.63, 3.8) is 0 Å². The Morgan fingerprint density at radius 3 is 2.34 bits per heavy atom. The van der Waals surface area contributed by atoms with Crippen molar-refractivity contribution in [1.82, 2.24) is 20.9 Å². The van der Waals surface area contributed by atoms with E-state index < -0.39 is 6.04 Å². The predicted octanol–water partition coefficient (Wildman–Crippen LogP) is 4.33. The first-order valence-corrected chi connectivity index (χ1v) is 15.2. The van der Waals surface area contributed by atoms with Crippen LogP contribution in [-0.4, -0.2) is 60.9 Å². The molecule has 0 bridgehead atoms. The van der Waals surface area contributed by atoms with Gasteiger partial charge in [-0.05, 0) is 71.2 Å². The summed E-state index contributed by atoms with van der Waals surface area (Å²) in [5.74, 6) is -0.258. The molecular formula is C31H36ClIN6O2. The van der Waals surface area contributed by atoms with Crippen LogP contribution in [0.5, 0.6) is 0 Å². The Balaban J connectivity index is 1.50. The number of nitrogens with one attached hydrogen (secondary N) is 4. The lowest BCUT2D eigenvalue weighted by Gasteiger charge is -2.29. The van der Waals surface area contributed by atoms with Gasteiger partial charge in [0.2, 0.25) is 5.91 Å². The van der Waals surface area contributed by atoms with Crippen LogP contribution in [0.3, 0.4) is 0 Å². The van der Waals surface area contributed by atoms with Gasteiger partial charge in [0.05, 0.1) is 16.6 Å². The first-order chi connectivity index (χ1) is 19.8. The minimum atomic E-state index is -0.428. The number of nitrogens with zero attached hydrogens (tertiary/aromatic N) is 1. The maximum atomic E-state index is 13.9. The normalized spacial score (nSPS) is 17.2. The third kappa shape index (κ3) is 8.92. The van der Waals surface area contributed by atoms with Gasteiger partial charge in [-0.2, -0.15) is 0 Å². The molecule has 2 amide bonds. The number of hydrogen-bond donors (Lipinski definition) is 5. The standard InChI is InChI=1S/C31H36ClIN6O2/c32-27-18-23(33)13-14-25(27)29(40)37-19-24-15-17-39(30(41)28(38-24)12-7-16-36-31(34)35)20-26(21-8-3-1-4-9-21)22-10-5-2-6-11-22/h1-6,8-11,13-14,18,24,26,28,38H,7,12,15-17,19-20H2,(H,37,40)(H4,34,35,36)/t24-,28-/m0/s1. The smallest absolute Gasteiger partial charge is 0.252 e. The average Bonchev–Trinajstić information content (AvgIpc) is 3.11. The molecule has 0 radical (unpaired) electrons. The zero-order valence-corrected chi connectivity index (χ0v) is 25.7. The Hall–Kier alpha value is -3.15.